The highest BCUT2D eigenvalue weighted by atomic mass is 32.2. The predicted octanol–water partition coefficient (Wildman–Crippen LogP) is -0.572. The van der Waals surface area contributed by atoms with Gasteiger partial charge in [-0.25, -0.2) is 8.42 Å². The van der Waals surface area contributed by atoms with Gasteiger partial charge in [0.05, 0.1) is 0 Å². The van der Waals surface area contributed by atoms with Crippen LogP contribution in [0.1, 0.15) is 12.0 Å². The van der Waals surface area contributed by atoms with Crippen LogP contribution in [0.5, 0.6) is 0 Å². The molecular weight excluding hydrogens is 280 g/mol. The number of aliphatic hydroxyl groups excluding tert-OH is 2. The van der Waals surface area contributed by atoms with Gasteiger partial charge in [-0.1, -0.05) is 11.8 Å². The third-order valence-electron chi connectivity index (χ3n) is 3.17. The van der Waals surface area contributed by atoms with Gasteiger partial charge in [0.1, 0.15) is 11.5 Å². The van der Waals surface area contributed by atoms with Crippen LogP contribution in [0, 0.1) is 17.8 Å². The van der Waals surface area contributed by atoms with Crippen LogP contribution < -0.4 is 0 Å². The molecule has 0 aliphatic carbocycles. The largest absolute Gasteiger partial charge is 0.396 e. The summed E-state index contributed by atoms with van der Waals surface area (Å²) in [6.45, 7) is 0.430. The maximum Gasteiger partial charge on any atom is 0.244 e. The Bertz CT molecular complexity index is 633. The van der Waals surface area contributed by atoms with Crippen LogP contribution in [-0.2, 0) is 10.0 Å². The quantitative estimate of drug-likeness (QED) is 0.729. The van der Waals surface area contributed by atoms with E-state index in [1.54, 1.807) is 0 Å². The van der Waals surface area contributed by atoms with Crippen LogP contribution in [0.25, 0.3) is 0 Å². The zero-order valence-electron chi connectivity index (χ0n) is 10.9. The molecule has 1 saturated heterocycles. The van der Waals surface area contributed by atoms with Gasteiger partial charge in [-0.3, -0.25) is 4.98 Å². The summed E-state index contributed by atoms with van der Waals surface area (Å²) in [5, 5.41) is 17.7. The van der Waals surface area contributed by atoms with Gasteiger partial charge in [0.15, 0.2) is 0 Å². The minimum Gasteiger partial charge on any atom is -0.396 e. The monoisotopic (exact) mass is 296 g/mol. The van der Waals surface area contributed by atoms with Gasteiger partial charge in [0.2, 0.25) is 10.0 Å². The van der Waals surface area contributed by atoms with Crippen molar-refractivity contribution < 1.29 is 18.6 Å². The number of sulfonamides is 1. The van der Waals surface area contributed by atoms with E-state index in [2.05, 4.69) is 16.8 Å². The Morgan fingerprint density at radius 1 is 1.40 bits per heavy atom. The highest BCUT2D eigenvalue weighted by Gasteiger charge is 2.32. The smallest absolute Gasteiger partial charge is 0.244 e. The van der Waals surface area contributed by atoms with Crippen LogP contribution in [0.3, 0.4) is 0 Å². The number of nitrogens with zero attached hydrogens (tertiary/aromatic N) is 2. The van der Waals surface area contributed by atoms with Gasteiger partial charge in [0, 0.05) is 37.7 Å². The van der Waals surface area contributed by atoms with E-state index < -0.39 is 10.0 Å². The number of pyridine rings is 1. The highest BCUT2D eigenvalue weighted by molar-refractivity contribution is 7.89. The van der Waals surface area contributed by atoms with Crippen LogP contribution in [0.2, 0.25) is 0 Å². The molecule has 0 saturated carbocycles. The highest BCUT2D eigenvalue weighted by Crippen LogP contribution is 2.23. The molecular formula is C13H16N2O4S. The lowest BCUT2D eigenvalue weighted by Gasteiger charge is -2.16. The van der Waals surface area contributed by atoms with Crippen LogP contribution in [0.4, 0.5) is 0 Å². The number of hydrogen-bond donors (Lipinski definition) is 2. The topological polar surface area (TPSA) is 90.7 Å². The van der Waals surface area contributed by atoms with Crippen molar-refractivity contribution in [2.75, 3.05) is 26.3 Å². The average molecular weight is 296 g/mol. The molecule has 0 aromatic carbocycles. The van der Waals surface area contributed by atoms with Crippen LogP contribution in [0.15, 0.2) is 23.4 Å². The summed E-state index contributed by atoms with van der Waals surface area (Å²) < 4.78 is 26.2. The van der Waals surface area contributed by atoms with Gasteiger partial charge in [-0.15, -0.1) is 0 Å². The Morgan fingerprint density at radius 2 is 2.20 bits per heavy atom. The molecule has 0 bridgehead atoms. The normalized spacial score (nSPS) is 19.6. The third-order valence-corrected chi connectivity index (χ3v) is 5.00. The standard InChI is InChI=1S/C13H16N2O4S/c16-5-1-2-11-6-13(8-14-7-11)20(18,19)15-4-3-12(9-15)10-17/h6-8,12,16-17H,3-5,9-10H2. The van der Waals surface area contributed by atoms with Gasteiger partial charge in [-0.05, 0) is 18.4 Å². The van der Waals surface area contributed by atoms with E-state index in [4.69, 9.17) is 10.2 Å². The van der Waals surface area contributed by atoms with E-state index in [1.807, 2.05) is 0 Å². The summed E-state index contributed by atoms with van der Waals surface area (Å²) in [7, 11) is -3.60. The number of aromatic nitrogens is 1. The van der Waals surface area contributed by atoms with Gasteiger partial charge in [-0.2, -0.15) is 4.31 Å². The van der Waals surface area contributed by atoms with Crippen LogP contribution in [-0.4, -0.2) is 54.2 Å². The molecule has 1 atom stereocenters. The summed E-state index contributed by atoms with van der Waals surface area (Å²) >= 11 is 0. The first-order valence-electron chi connectivity index (χ1n) is 6.23. The predicted molar refractivity (Wildman–Crippen MR) is 72.2 cm³/mol. The minimum absolute atomic E-state index is 0.00454. The van der Waals surface area contributed by atoms with Crippen molar-refractivity contribution in [2.24, 2.45) is 5.92 Å². The molecule has 2 rings (SSSR count). The van der Waals surface area contributed by atoms with Crippen molar-refractivity contribution in [3.8, 4) is 11.8 Å². The van der Waals surface area contributed by atoms with Crippen LogP contribution >= 0.6 is 0 Å². The molecule has 2 heterocycles. The Morgan fingerprint density at radius 3 is 2.85 bits per heavy atom. The first-order chi connectivity index (χ1) is 9.57. The molecule has 108 valence electrons. The lowest BCUT2D eigenvalue weighted by atomic mass is 10.1. The summed E-state index contributed by atoms with van der Waals surface area (Å²) in [4.78, 5) is 3.96. The Kier molecular flexibility index (Phi) is 4.73. The molecule has 1 aliphatic heterocycles. The van der Waals surface area contributed by atoms with E-state index in [9.17, 15) is 8.42 Å². The molecule has 1 aliphatic rings. The number of hydrogen-bond acceptors (Lipinski definition) is 5. The number of rotatable bonds is 3. The fourth-order valence-corrected chi connectivity index (χ4v) is 3.60. The van der Waals surface area contributed by atoms with Crippen molar-refractivity contribution in [1.29, 1.82) is 0 Å². The lowest BCUT2D eigenvalue weighted by molar-refractivity contribution is 0.233. The zero-order chi connectivity index (χ0) is 14.6. The second-order valence-corrected chi connectivity index (χ2v) is 6.51. The molecule has 1 fully saturated rings. The molecule has 1 aromatic heterocycles. The zero-order valence-corrected chi connectivity index (χ0v) is 11.7. The van der Waals surface area contributed by atoms with Gasteiger partial charge >= 0.3 is 0 Å². The maximum atomic E-state index is 12.4. The maximum absolute atomic E-state index is 12.4. The Balaban J connectivity index is 2.26. The SMILES string of the molecule is O=S(=O)(c1cncc(C#CCO)c1)N1CCC(CO)C1. The molecule has 2 N–H and O–H groups in total. The van der Waals surface area contributed by atoms with E-state index >= 15 is 0 Å². The molecule has 20 heavy (non-hydrogen) atoms. The summed E-state index contributed by atoms with van der Waals surface area (Å²) in [6, 6.07) is 1.44. The molecule has 0 amide bonds. The summed E-state index contributed by atoms with van der Waals surface area (Å²) in [5.74, 6) is 5.08. The van der Waals surface area contributed by atoms with E-state index in [-0.39, 0.29) is 24.0 Å². The third kappa shape index (κ3) is 3.16. The molecule has 0 radical (unpaired) electrons. The second kappa shape index (κ2) is 6.33. The molecule has 7 heteroatoms. The first kappa shape index (κ1) is 14.9. The van der Waals surface area contributed by atoms with Gasteiger partial charge < -0.3 is 10.2 Å². The summed E-state index contributed by atoms with van der Waals surface area (Å²) in [6.07, 6.45) is 3.39. The first-order valence-corrected chi connectivity index (χ1v) is 7.67. The van der Waals surface area contributed by atoms with Gasteiger partial charge in [0.25, 0.3) is 0 Å². The average Bonchev–Trinajstić information content (AvgIpc) is 2.95. The minimum atomic E-state index is -3.60. The fourth-order valence-electron chi connectivity index (χ4n) is 2.08. The molecule has 0 spiro atoms. The van der Waals surface area contributed by atoms with Crippen molar-refractivity contribution in [3.63, 3.8) is 0 Å². The molecule has 1 aromatic rings. The Labute approximate surface area is 118 Å². The lowest BCUT2D eigenvalue weighted by Crippen LogP contribution is -2.29. The van der Waals surface area contributed by atoms with Crippen molar-refractivity contribution >= 4 is 10.0 Å². The van der Waals surface area contributed by atoms with E-state index in [0.29, 0.717) is 25.1 Å². The Hall–Kier alpha value is -1.46. The van der Waals surface area contributed by atoms with Crippen molar-refractivity contribution in [3.05, 3.63) is 24.0 Å². The van der Waals surface area contributed by atoms with E-state index in [0.717, 1.165) is 0 Å². The summed E-state index contributed by atoms with van der Waals surface area (Å²) in [5.41, 5.74) is 0.443. The second-order valence-electron chi connectivity index (χ2n) is 4.57. The van der Waals surface area contributed by atoms with Crippen molar-refractivity contribution in [2.45, 2.75) is 11.3 Å². The number of aliphatic hydroxyl groups is 2. The van der Waals surface area contributed by atoms with Crippen molar-refractivity contribution in [1.82, 2.24) is 9.29 Å². The molecule has 6 nitrogen and oxygen atoms in total. The molecule has 1 unspecified atom stereocenters. The fraction of sp³-hybridized carbons (Fsp3) is 0.462. The van der Waals surface area contributed by atoms with E-state index in [1.165, 1.54) is 22.8 Å².